The van der Waals surface area contributed by atoms with E-state index < -0.39 is 12.3 Å². The molecule has 4 heteroatoms. The molecule has 0 amide bonds. The Morgan fingerprint density at radius 2 is 1.05 bits per heavy atom. The summed E-state index contributed by atoms with van der Waals surface area (Å²) in [7, 11) is 0. The molecule has 0 saturated heterocycles. The molecular formula is C62H44N4. The summed E-state index contributed by atoms with van der Waals surface area (Å²) in [5.41, 5.74) is 19.7. The highest BCUT2D eigenvalue weighted by Crippen LogP contribution is 2.47. The number of hydrogen-bond acceptors (Lipinski definition) is 4. The number of benzene rings is 11. The van der Waals surface area contributed by atoms with Crippen molar-refractivity contribution in [1.29, 1.82) is 5.26 Å². The van der Waals surface area contributed by atoms with Crippen LogP contribution in [-0.4, -0.2) is 6.21 Å². The Bertz CT molecular complexity index is 3640. The number of nitrogens with zero attached hydrogens (tertiary/aromatic N) is 2. The average Bonchev–Trinajstić information content (AvgIpc) is 3.39. The van der Waals surface area contributed by atoms with Crippen LogP contribution in [0.25, 0.3) is 87.6 Å². The number of hydrogen-bond donors (Lipinski definition) is 2. The Morgan fingerprint density at radius 1 is 0.455 bits per heavy atom. The normalized spacial score (nSPS) is 12.5. The first kappa shape index (κ1) is 40.3. The number of nitriles is 1. The molecule has 11 aromatic rings. The van der Waals surface area contributed by atoms with Gasteiger partial charge < -0.3 is 5.73 Å². The van der Waals surface area contributed by atoms with Crippen molar-refractivity contribution in [2.24, 2.45) is 10.7 Å². The van der Waals surface area contributed by atoms with Gasteiger partial charge in [-0.05, 0) is 122 Å². The van der Waals surface area contributed by atoms with Crippen LogP contribution in [0.2, 0.25) is 0 Å². The van der Waals surface area contributed by atoms with E-state index in [0.29, 0.717) is 5.56 Å². The lowest BCUT2D eigenvalue weighted by Gasteiger charge is -2.23. The number of fused-ring (bicyclic) bond motifs is 5. The Labute approximate surface area is 384 Å². The van der Waals surface area contributed by atoms with Crippen molar-refractivity contribution in [1.82, 2.24) is 5.32 Å². The van der Waals surface area contributed by atoms with Crippen LogP contribution >= 0.6 is 0 Å². The molecule has 0 fully saturated rings. The highest BCUT2D eigenvalue weighted by atomic mass is 15.1. The molecule has 0 aliphatic carbocycles. The second-order valence-electron chi connectivity index (χ2n) is 16.7. The van der Waals surface area contributed by atoms with E-state index in [9.17, 15) is 5.26 Å². The highest BCUT2D eigenvalue weighted by Gasteiger charge is 2.21. The molecule has 11 rings (SSSR count). The summed E-state index contributed by atoms with van der Waals surface area (Å²) in [5, 5.41) is 22.9. The van der Waals surface area contributed by atoms with Gasteiger partial charge in [0.1, 0.15) is 6.17 Å². The Kier molecular flexibility index (Phi) is 10.8. The summed E-state index contributed by atoms with van der Waals surface area (Å²) >= 11 is 0. The van der Waals surface area contributed by atoms with Crippen LogP contribution < -0.4 is 11.1 Å². The standard InChI is InChI=1S/C62H44N4/c63-39-41-28-32-43(33-29-41)48-19-12-20-49(38-48)62(66-61(64)56-26-11-8-22-51(56)44-14-2-1-3-15-44)65-40-42-30-34-47(35-31-42)58-54-24-9-10-25-55(54)59(53-27-13-18-45-16-4-6-21-50(45)53)57-37-36-46-17-5-7-23-52(46)60(57)58/h1-38,40,61-62,66H,64H2/b65-40+. The molecule has 4 nitrogen and oxygen atoms in total. The minimum atomic E-state index is -0.530. The second-order valence-corrected chi connectivity index (χ2v) is 16.7. The number of rotatable bonds is 10. The van der Waals surface area contributed by atoms with Crippen molar-refractivity contribution in [2.75, 3.05) is 0 Å². The third-order valence-electron chi connectivity index (χ3n) is 12.8. The van der Waals surface area contributed by atoms with Gasteiger partial charge in [0.05, 0.1) is 17.8 Å². The van der Waals surface area contributed by atoms with Crippen molar-refractivity contribution in [3.05, 3.63) is 253 Å². The predicted molar refractivity (Wildman–Crippen MR) is 276 cm³/mol. The van der Waals surface area contributed by atoms with Crippen molar-refractivity contribution >= 4 is 49.3 Å². The van der Waals surface area contributed by atoms with E-state index in [1.165, 1.54) is 59.8 Å². The summed E-state index contributed by atoms with van der Waals surface area (Å²) in [5.74, 6) is 0. The SMILES string of the molecule is N#Cc1ccc(-c2cccc(C(/N=C/c3ccc(-c4c5ccccc5c(-c5cccc6ccccc56)c5ccc6ccccc6c45)cc3)NC(N)c3ccccc3-c3ccccc3)c2)cc1. The summed E-state index contributed by atoms with van der Waals surface area (Å²) in [4.78, 5) is 5.25. The summed E-state index contributed by atoms with van der Waals surface area (Å²) in [6.45, 7) is 0. The van der Waals surface area contributed by atoms with Gasteiger partial charge in [-0.1, -0.05) is 212 Å². The molecule has 3 N–H and O–H groups in total. The van der Waals surface area contributed by atoms with Gasteiger partial charge in [0.25, 0.3) is 0 Å². The van der Waals surface area contributed by atoms with Gasteiger partial charge in [-0.15, -0.1) is 0 Å². The molecule has 66 heavy (non-hydrogen) atoms. The molecule has 0 aromatic heterocycles. The molecule has 312 valence electrons. The quantitative estimate of drug-likeness (QED) is 0.0623. The van der Waals surface area contributed by atoms with Gasteiger partial charge in [0.2, 0.25) is 0 Å². The number of nitrogens with one attached hydrogen (secondary N) is 1. The lowest BCUT2D eigenvalue weighted by atomic mass is 9.83. The highest BCUT2D eigenvalue weighted by molar-refractivity contribution is 6.29. The summed E-state index contributed by atoms with van der Waals surface area (Å²) < 4.78 is 0. The fourth-order valence-corrected chi connectivity index (χ4v) is 9.64. The van der Waals surface area contributed by atoms with Crippen LogP contribution in [0, 0.1) is 11.3 Å². The lowest BCUT2D eigenvalue weighted by Crippen LogP contribution is -2.32. The molecule has 2 atom stereocenters. The van der Waals surface area contributed by atoms with Gasteiger partial charge in [-0.3, -0.25) is 10.3 Å². The molecule has 0 bridgehead atoms. The fraction of sp³-hybridized carbons (Fsp3) is 0.0323. The molecule has 11 aromatic carbocycles. The first-order valence-electron chi connectivity index (χ1n) is 22.4. The summed E-state index contributed by atoms with van der Waals surface area (Å²) in [6, 6.07) is 83.2. The Balaban J connectivity index is 1.01. The molecule has 0 aliphatic heterocycles. The van der Waals surface area contributed by atoms with E-state index in [-0.39, 0.29) is 0 Å². The van der Waals surface area contributed by atoms with Crippen LogP contribution in [0.4, 0.5) is 0 Å². The van der Waals surface area contributed by atoms with Crippen LogP contribution in [0.3, 0.4) is 0 Å². The van der Waals surface area contributed by atoms with Crippen LogP contribution in [0.5, 0.6) is 0 Å². The Morgan fingerprint density at radius 3 is 1.82 bits per heavy atom. The monoisotopic (exact) mass is 844 g/mol. The smallest absolute Gasteiger partial charge is 0.127 e. The van der Waals surface area contributed by atoms with E-state index in [4.69, 9.17) is 10.7 Å². The zero-order valence-corrected chi connectivity index (χ0v) is 36.1. The van der Waals surface area contributed by atoms with E-state index in [0.717, 1.165) is 44.5 Å². The molecule has 0 spiro atoms. The third-order valence-corrected chi connectivity index (χ3v) is 12.8. The number of aliphatic imine (C=N–C) groups is 1. The van der Waals surface area contributed by atoms with Gasteiger partial charge in [0, 0.05) is 6.21 Å². The van der Waals surface area contributed by atoms with E-state index in [1.807, 2.05) is 60.8 Å². The first-order valence-corrected chi connectivity index (χ1v) is 22.4. The van der Waals surface area contributed by atoms with Crippen LogP contribution in [0.1, 0.15) is 34.6 Å². The van der Waals surface area contributed by atoms with Gasteiger partial charge in [0.15, 0.2) is 0 Å². The van der Waals surface area contributed by atoms with Crippen molar-refractivity contribution in [3.63, 3.8) is 0 Å². The maximum absolute atomic E-state index is 9.43. The van der Waals surface area contributed by atoms with Crippen molar-refractivity contribution in [2.45, 2.75) is 12.3 Å². The minimum Gasteiger partial charge on any atom is -0.312 e. The molecule has 0 heterocycles. The summed E-state index contributed by atoms with van der Waals surface area (Å²) in [6.07, 6.45) is 0.932. The predicted octanol–water partition coefficient (Wildman–Crippen LogP) is 15.2. The molecule has 0 saturated carbocycles. The van der Waals surface area contributed by atoms with Crippen molar-refractivity contribution < 1.29 is 0 Å². The fourth-order valence-electron chi connectivity index (χ4n) is 9.64. The zero-order chi connectivity index (χ0) is 44.4. The zero-order valence-electron chi connectivity index (χ0n) is 36.1. The minimum absolute atomic E-state index is 0.484. The average molecular weight is 845 g/mol. The van der Waals surface area contributed by atoms with E-state index in [1.54, 1.807) is 0 Å². The van der Waals surface area contributed by atoms with Gasteiger partial charge in [-0.25, -0.2) is 0 Å². The largest absolute Gasteiger partial charge is 0.312 e. The van der Waals surface area contributed by atoms with Crippen LogP contribution in [0.15, 0.2) is 236 Å². The third kappa shape index (κ3) is 7.59. The maximum Gasteiger partial charge on any atom is 0.127 e. The van der Waals surface area contributed by atoms with Gasteiger partial charge in [-0.2, -0.15) is 5.26 Å². The first-order chi connectivity index (χ1) is 32.6. The van der Waals surface area contributed by atoms with E-state index in [2.05, 4.69) is 187 Å². The van der Waals surface area contributed by atoms with Gasteiger partial charge >= 0.3 is 0 Å². The maximum atomic E-state index is 9.43. The molecule has 0 aliphatic rings. The van der Waals surface area contributed by atoms with Crippen LogP contribution in [-0.2, 0) is 0 Å². The van der Waals surface area contributed by atoms with Crippen molar-refractivity contribution in [3.8, 4) is 50.6 Å². The Hall–Kier alpha value is -8.46. The lowest BCUT2D eigenvalue weighted by molar-refractivity contribution is 0.468. The second kappa shape index (κ2) is 17.6. The molecular weight excluding hydrogens is 801 g/mol. The molecule has 2 unspecified atom stereocenters. The van der Waals surface area contributed by atoms with E-state index >= 15 is 0 Å². The topological polar surface area (TPSA) is 74.2 Å². The molecule has 0 radical (unpaired) electrons. The number of nitrogens with two attached hydrogens (primary N) is 1.